The van der Waals surface area contributed by atoms with Gasteiger partial charge in [-0.15, -0.1) is 0 Å². The van der Waals surface area contributed by atoms with Crippen LogP contribution in [0.5, 0.6) is 0 Å². The van der Waals surface area contributed by atoms with Gasteiger partial charge >= 0.3 is 0 Å². The first-order valence-corrected chi connectivity index (χ1v) is 8.53. The Kier molecular flexibility index (Phi) is 5.97. The molecule has 1 aliphatic heterocycles. The van der Waals surface area contributed by atoms with Crippen LogP contribution in [0.2, 0.25) is 0 Å². The standard InChI is InChI=1S/C13H24N2O3S/c1-5-6-11-13(17)15(10(3)12(16)14-11)9(2)7-8-19(4)18/h9-11H,5-8H2,1-4H3,(H,14,16). The molecule has 0 spiro atoms. The molecule has 0 radical (unpaired) electrons. The van der Waals surface area contributed by atoms with Gasteiger partial charge in [-0.2, -0.15) is 0 Å². The number of hydrogen-bond acceptors (Lipinski definition) is 3. The van der Waals surface area contributed by atoms with E-state index in [1.165, 1.54) is 0 Å². The van der Waals surface area contributed by atoms with Crippen molar-refractivity contribution < 1.29 is 13.8 Å². The van der Waals surface area contributed by atoms with Crippen LogP contribution in [0.15, 0.2) is 0 Å². The van der Waals surface area contributed by atoms with E-state index in [0.29, 0.717) is 18.6 Å². The van der Waals surface area contributed by atoms with E-state index in [4.69, 9.17) is 0 Å². The molecule has 1 heterocycles. The summed E-state index contributed by atoms with van der Waals surface area (Å²) in [7, 11) is -0.872. The molecule has 0 aromatic carbocycles. The van der Waals surface area contributed by atoms with Crippen molar-refractivity contribution in [1.29, 1.82) is 0 Å². The molecule has 19 heavy (non-hydrogen) atoms. The number of piperazine rings is 1. The lowest BCUT2D eigenvalue weighted by Gasteiger charge is -2.41. The number of amides is 2. The molecule has 1 rings (SSSR count). The van der Waals surface area contributed by atoms with E-state index >= 15 is 0 Å². The number of hydrogen-bond donors (Lipinski definition) is 1. The minimum absolute atomic E-state index is 0.0108. The summed E-state index contributed by atoms with van der Waals surface area (Å²) in [5, 5.41) is 2.78. The van der Waals surface area contributed by atoms with Crippen LogP contribution >= 0.6 is 0 Å². The summed E-state index contributed by atoms with van der Waals surface area (Å²) < 4.78 is 11.2. The monoisotopic (exact) mass is 288 g/mol. The van der Waals surface area contributed by atoms with Gasteiger partial charge in [0.05, 0.1) is 0 Å². The average molecular weight is 288 g/mol. The molecule has 4 unspecified atom stereocenters. The Morgan fingerprint density at radius 3 is 2.58 bits per heavy atom. The van der Waals surface area contributed by atoms with Gasteiger partial charge in [0.15, 0.2) is 0 Å². The Morgan fingerprint density at radius 1 is 1.42 bits per heavy atom. The van der Waals surface area contributed by atoms with Crippen LogP contribution in [0.1, 0.15) is 40.0 Å². The van der Waals surface area contributed by atoms with Gasteiger partial charge < -0.3 is 10.2 Å². The molecular formula is C13H24N2O3S. The first-order valence-electron chi connectivity index (χ1n) is 6.81. The first-order chi connectivity index (χ1) is 8.88. The largest absolute Gasteiger partial charge is 0.343 e. The number of rotatable bonds is 6. The lowest BCUT2D eigenvalue weighted by molar-refractivity contribution is -0.151. The van der Waals surface area contributed by atoms with Gasteiger partial charge in [0.2, 0.25) is 11.8 Å². The Hall–Kier alpha value is -0.910. The second-order valence-electron chi connectivity index (χ2n) is 5.19. The highest BCUT2D eigenvalue weighted by Gasteiger charge is 2.39. The average Bonchev–Trinajstić information content (AvgIpc) is 2.34. The van der Waals surface area contributed by atoms with Crippen LogP contribution in [0.25, 0.3) is 0 Å². The van der Waals surface area contributed by atoms with Gasteiger partial charge in [-0.25, -0.2) is 0 Å². The van der Waals surface area contributed by atoms with Crippen LogP contribution in [0.3, 0.4) is 0 Å². The molecular weight excluding hydrogens is 264 g/mol. The highest BCUT2D eigenvalue weighted by atomic mass is 32.2. The Balaban J connectivity index is 2.78. The quantitative estimate of drug-likeness (QED) is 0.781. The number of carbonyl (C=O) groups excluding carboxylic acids is 2. The van der Waals surface area contributed by atoms with Crippen molar-refractivity contribution in [2.75, 3.05) is 12.0 Å². The molecule has 0 bridgehead atoms. The van der Waals surface area contributed by atoms with E-state index in [9.17, 15) is 13.8 Å². The molecule has 1 aliphatic rings. The molecule has 0 aliphatic carbocycles. The SMILES string of the molecule is CCCC1NC(=O)C(C)N(C(C)CCS(C)=O)C1=O. The third-order valence-corrected chi connectivity index (χ3v) is 4.35. The zero-order valence-electron chi connectivity index (χ0n) is 12.1. The normalized spacial score (nSPS) is 27.1. The van der Waals surface area contributed by atoms with E-state index < -0.39 is 22.9 Å². The molecule has 1 N–H and O–H groups in total. The van der Waals surface area contributed by atoms with E-state index in [1.54, 1.807) is 18.1 Å². The summed E-state index contributed by atoms with van der Waals surface area (Å²) in [6.07, 6.45) is 3.83. The fourth-order valence-electron chi connectivity index (χ4n) is 2.41. The van der Waals surface area contributed by atoms with E-state index in [-0.39, 0.29) is 17.9 Å². The fraction of sp³-hybridized carbons (Fsp3) is 0.846. The van der Waals surface area contributed by atoms with Gasteiger partial charge in [-0.1, -0.05) is 13.3 Å². The van der Waals surface area contributed by atoms with Crippen molar-refractivity contribution >= 4 is 22.6 Å². The maximum absolute atomic E-state index is 12.4. The molecule has 0 aromatic heterocycles. The summed E-state index contributed by atoms with van der Waals surface area (Å²) in [6, 6.07) is -0.902. The molecule has 0 saturated carbocycles. The number of nitrogens with one attached hydrogen (secondary N) is 1. The third-order valence-electron chi connectivity index (χ3n) is 3.54. The summed E-state index contributed by atoms with van der Waals surface area (Å²) in [6.45, 7) is 5.66. The van der Waals surface area contributed by atoms with E-state index in [1.807, 2.05) is 13.8 Å². The first kappa shape index (κ1) is 16.1. The molecule has 1 fully saturated rings. The van der Waals surface area contributed by atoms with Crippen LogP contribution in [0.4, 0.5) is 0 Å². The Labute approximate surface area is 117 Å². The second kappa shape index (κ2) is 7.03. The fourth-order valence-corrected chi connectivity index (χ4v) is 3.08. The molecule has 6 heteroatoms. The molecule has 5 nitrogen and oxygen atoms in total. The van der Waals surface area contributed by atoms with Crippen LogP contribution in [-0.2, 0) is 20.4 Å². The molecule has 0 aromatic rings. The van der Waals surface area contributed by atoms with Crippen molar-refractivity contribution in [3.63, 3.8) is 0 Å². The van der Waals surface area contributed by atoms with Crippen LogP contribution in [0, 0.1) is 0 Å². The van der Waals surface area contributed by atoms with Gasteiger partial charge in [0.25, 0.3) is 0 Å². The highest BCUT2D eigenvalue weighted by molar-refractivity contribution is 7.84. The van der Waals surface area contributed by atoms with Crippen molar-refractivity contribution in [3.8, 4) is 0 Å². The lowest BCUT2D eigenvalue weighted by atomic mass is 10.0. The third kappa shape index (κ3) is 4.03. The molecule has 1 saturated heterocycles. The predicted octanol–water partition coefficient (Wildman–Crippen LogP) is 0.659. The van der Waals surface area contributed by atoms with Crippen molar-refractivity contribution in [1.82, 2.24) is 10.2 Å². The van der Waals surface area contributed by atoms with Crippen molar-refractivity contribution in [2.24, 2.45) is 0 Å². The molecule has 4 atom stereocenters. The topological polar surface area (TPSA) is 66.5 Å². The maximum Gasteiger partial charge on any atom is 0.246 e. The van der Waals surface area contributed by atoms with Crippen molar-refractivity contribution in [3.05, 3.63) is 0 Å². The maximum atomic E-state index is 12.4. The van der Waals surface area contributed by atoms with Gasteiger partial charge in [-0.05, 0) is 26.7 Å². The lowest BCUT2D eigenvalue weighted by Crippen LogP contribution is -2.64. The van der Waals surface area contributed by atoms with E-state index in [0.717, 1.165) is 6.42 Å². The summed E-state index contributed by atoms with van der Waals surface area (Å²) >= 11 is 0. The van der Waals surface area contributed by atoms with Crippen molar-refractivity contribution in [2.45, 2.75) is 58.2 Å². The summed E-state index contributed by atoms with van der Waals surface area (Å²) in [5.74, 6) is 0.448. The smallest absolute Gasteiger partial charge is 0.246 e. The minimum Gasteiger partial charge on any atom is -0.343 e. The number of carbonyl (C=O) groups is 2. The Morgan fingerprint density at radius 2 is 2.05 bits per heavy atom. The molecule has 2 amide bonds. The Bertz CT molecular complexity index is 373. The summed E-state index contributed by atoms with van der Waals surface area (Å²) in [5.41, 5.74) is 0. The minimum atomic E-state index is -0.872. The van der Waals surface area contributed by atoms with Gasteiger partial charge in [0, 0.05) is 28.9 Å². The van der Waals surface area contributed by atoms with Gasteiger partial charge in [-0.3, -0.25) is 13.8 Å². The highest BCUT2D eigenvalue weighted by Crippen LogP contribution is 2.18. The second-order valence-corrected chi connectivity index (χ2v) is 6.74. The summed E-state index contributed by atoms with van der Waals surface area (Å²) in [4.78, 5) is 26.0. The predicted molar refractivity (Wildman–Crippen MR) is 76.2 cm³/mol. The van der Waals surface area contributed by atoms with Crippen LogP contribution < -0.4 is 5.32 Å². The van der Waals surface area contributed by atoms with E-state index in [2.05, 4.69) is 5.32 Å². The van der Waals surface area contributed by atoms with Gasteiger partial charge in [0.1, 0.15) is 12.1 Å². The van der Waals surface area contributed by atoms with Crippen LogP contribution in [-0.4, -0.2) is 51.1 Å². The number of nitrogens with zero attached hydrogens (tertiary/aromatic N) is 1. The molecule has 110 valence electrons. The zero-order valence-corrected chi connectivity index (χ0v) is 13.0. The zero-order chi connectivity index (χ0) is 14.6.